The Hall–Kier alpha value is -3.52. The van der Waals surface area contributed by atoms with E-state index in [4.69, 9.17) is 0 Å². The van der Waals surface area contributed by atoms with E-state index < -0.39 is 9.84 Å². The maximum absolute atomic E-state index is 12.5. The third-order valence-corrected chi connectivity index (χ3v) is 5.93. The van der Waals surface area contributed by atoms with Crippen LogP contribution in [0.2, 0.25) is 0 Å². The van der Waals surface area contributed by atoms with Crippen molar-refractivity contribution in [3.8, 4) is 0 Å². The summed E-state index contributed by atoms with van der Waals surface area (Å²) < 4.78 is 25.1. The van der Waals surface area contributed by atoms with E-state index in [0.717, 1.165) is 10.9 Å². The first-order valence-corrected chi connectivity index (χ1v) is 9.98. The predicted octanol–water partition coefficient (Wildman–Crippen LogP) is 2.72. The molecule has 28 heavy (non-hydrogen) atoms. The number of hydrogen-bond acceptors (Lipinski definition) is 5. The van der Waals surface area contributed by atoms with Crippen molar-refractivity contribution in [1.29, 1.82) is 0 Å². The number of hydrogen-bond donors (Lipinski definition) is 2. The molecule has 3 aromatic heterocycles. The molecule has 0 atom stereocenters. The number of benzene rings is 1. The smallest absolute Gasteiger partial charge is 0.267 e. The van der Waals surface area contributed by atoms with Crippen LogP contribution in [0.1, 0.15) is 16.1 Å². The van der Waals surface area contributed by atoms with Gasteiger partial charge in [-0.3, -0.25) is 9.78 Å². The zero-order valence-electron chi connectivity index (χ0n) is 14.7. The Kier molecular flexibility index (Phi) is 4.62. The first-order chi connectivity index (χ1) is 13.5. The van der Waals surface area contributed by atoms with Crippen molar-refractivity contribution in [3.05, 3.63) is 84.4 Å². The molecule has 2 N–H and O–H groups in total. The van der Waals surface area contributed by atoms with Gasteiger partial charge in [-0.2, -0.15) is 0 Å². The number of carbonyl (C=O) groups excluding carboxylic acids is 1. The van der Waals surface area contributed by atoms with E-state index >= 15 is 0 Å². The normalized spacial score (nSPS) is 11.4. The average Bonchev–Trinajstić information content (AvgIpc) is 3.17. The molecular formula is C20H16N4O3S. The number of aromatic amines is 1. The summed E-state index contributed by atoms with van der Waals surface area (Å²) in [6, 6.07) is 14.7. The van der Waals surface area contributed by atoms with Crippen molar-refractivity contribution < 1.29 is 13.2 Å². The summed E-state index contributed by atoms with van der Waals surface area (Å²) in [5, 5.41) is 3.61. The van der Waals surface area contributed by atoms with Crippen LogP contribution in [-0.2, 0) is 16.4 Å². The fraction of sp³-hybridized carbons (Fsp3) is 0.0500. The van der Waals surface area contributed by atoms with Crippen LogP contribution in [0.15, 0.2) is 83.1 Å². The quantitative estimate of drug-likeness (QED) is 0.543. The van der Waals surface area contributed by atoms with Crippen LogP contribution in [0.5, 0.6) is 0 Å². The summed E-state index contributed by atoms with van der Waals surface area (Å²) in [7, 11) is -3.65. The minimum atomic E-state index is -3.65. The molecule has 4 rings (SSSR count). The molecule has 0 saturated heterocycles. The van der Waals surface area contributed by atoms with Gasteiger partial charge in [0, 0.05) is 36.0 Å². The highest BCUT2D eigenvalue weighted by Gasteiger charge is 2.18. The topological polar surface area (TPSA) is 105 Å². The Balaban J connectivity index is 1.45. The van der Waals surface area contributed by atoms with Crippen molar-refractivity contribution in [1.82, 2.24) is 20.3 Å². The Morgan fingerprint density at radius 3 is 2.57 bits per heavy atom. The van der Waals surface area contributed by atoms with Crippen LogP contribution in [0.4, 0.5) is 0 Å². The third kappa shape index (κ3) is 3.49. The van der Waals surface area contributed by atoms with E-state index in [9.17, 15) is 13.2 Å². The van der Waals surface area contributed by atoms with Crippen molar-refractivity contribution in [2.75, 3.05) is 0 Å². The zero-order valence-corrected chi connectivity index (χ0v) is 15.5. The number of rotatable bonds is 5. The van der Waals surface area contributed by atoms with Gasteiger partial charge in [-0.05, 0) is 35.9 Å². The van der Waals surface area contributed by atoms with Crippen molar-refractivity contribution >= 4 is 26.6 Å². The molecule has 3 heterocycles. The van der Waals surface area contributed by atoms with Crippen LogP contribution < -0.4 is 5.32 Å². The molecule has 8 heteroatoms. The number of amides is 1. The highest BCUT2D eigenvalue weighted by atomic mass is 32.2. The maximum atomic E-state index is 12.5. The van der Waals surface area contributed by atoms with Crippen molar-refractivity contribution in [2.45, 2.75) is 16.5 Å². The number of pyridine rings is 2. The van der Waals surface area contributed by atoms with E-state index in [1.165, 1.54) is 24.4 Å². The zero-order chi connectivity index (χ0) is 19.6. The van der Waals surface area contributed by atoms with Gasteiger partial charge in [0.2, 0.25) is 9.84 Å². The molecule has 0 aliphatic carbocycles. The van der Waals surface area contributed by atoms with Gasteiger partial charge in [-0.25, -0.2) is 13.4 Å². The first-order valence-electron chi connectivity index (χ1n) is 8.50. The summed E-state index contributed by atoms with van der Waals surface area (Å²) in [5.41, 5.74) is 1.95. The van der Waals surface area contributed by atoms with E-state index in [1.54, 1.807) is 48.8 Å². The maximum Gasteiger partial charge on any atom is 0.267 e. The second kappa shape index (κ2) is 7.24. The molecule has 0 unspecified atom stereocenters. The number of H-pyrrole nitrogens is 1. The lowest BCUT2D eigenvalue weighted by atomic mass is 10.3. The molecule has 140 valence electrons. The molecule has 0 radical (unpaired) electrons. The monoisotopic (exact) mass is 392 g/mol. The van der Waals surface area contributed by atoms with E-state index in [-0.39, 0.29) is 22.4 Å². The van der Waals surface area contributed by atoms with E-state index in [1.807, 2.05) is 0 Å². The van der Waals surface area contributed by atoms with Crippen molar-refractivity contribution in [3.63, 3.8) is 0 Å². The molecule has 1 aromatic carbocycles. The van der Waals surface area contributed by atoms with Gasteiger partial charge in [0.25, 0.3) is 5.91 Å². The van der Waals surface area contributed by atoms with Gasteiger partial charge in [-0.15, -0.1) is 0 Å². The highest BCUT2D eigenvalue weighted by Crippen LogP contribution is 2.18. The molecule has 0 saturated carbocycles. The summed E-state index contributed by atoms with van der Waals surface area (Å²) in [6.45, 7) is 0.227. The molecule has 1 amide bonds. The predicted molar refractivity (Wildman–Crippen MR) is 103 cm³/mol. The molecular weight excluding hydrogens is 376 g/mol. The second-order valence-electron chi connectivity index (χ2n) is 6.15. The molecule has 7 nitrogen and oxygen atoms in total. The lowest BCUT2D eigenvalue weighted by molar-refractivity contribution is 0.0946. The summed E-state index contributed by atoms with van der Waals surface area (Å²) in [5.74, 6) is -0.266. The van der Waals surface area contributed by atoms with Gasteiger partial charge < -0.3 is 10.3 Å². The number of fused-ring (bicyclic) bond motifs is 1. The Bertz CT molecular complexity index is 1200. The Morgan fingerprint density at radius 2 is 1.86 bits per heavy atom. The largest absolute Gasteiger partial charge is 0.350 e. The molecule has 0 aliphatic heterocycles. The number of nitrogens with zero attached hydrogens (tertiary/aromatic N) is 2. The lowest BCUT2D eigenvalue weighted by Gasteiger charge is -2.06. The van der Waals surface area contributed by atoms with Crippen LogP contribution in [-0.4, -0.2) is 29.3 Å². The average molecular weight is 392 g/mol. The molecule has 0 bridgehead atoms. The van der Waals surface area contributed by atoms with Crippen molar-refractivity contribution in [2.24, 2.45) is 0 Å². The fourth-order valence-electron chi connectivity index (χ4n) is 2.77. The summed E-state index contributed by atoms with van der Waals surface area (Å²) in [4.78, 5) is 23.6. The SMILES string of the molecule is O=C(NCc1ccc(S(=O)(=O)c2ccccc2)nc1)c1cc2cnccc2[nH]1. The molecule has 0 spiro atoms. The summed E-state index contributed by atoms with van der Waals surface area (Å²) in [6.07, 6.45) is 4.78. The van der Waals surface area contributed by atoms with Gasteiger partial charge in [0.1, 0.15) is 5.69 Å². The highest BCUT2D eigenvalue weighted by molar-refractivity contribution is 7.91. The third-order valence-electron chi connectivity index (χ3n) is 4.25. The molecule has 4 aromatic rings. The standard InChI is InChI=1S/C20H16N4O3S/c25-20(18-10-15-13-21-9-8-17(15)24-18)23-12-14-6-7-19(22-11-14)28(26,27)16-4-2-1-3-5-16/h1-11,13,24H,12H2,(H,23,25). The fourth-order valence-corrected chi connectivity index (χ4v) is 3.96. The second-order valence-corrected chi connectivity index (χ2v) is 8.05. The van der Waals surface area contributed by atoms with Crippen LogP contribution in [0, 0.1) is 0 Å². The van der Waals surface area contributed by atoms with Gasteiger partial charge in [-0.1, -0.05) is 24.3 Å². The molecule has 0 aliphatic rings. The summed E-state index contributed by atoms with van der Waals surface area (Å²) >= 11 is 0. The van der Waals surface area contributed by atoms with Crippen LogP contribution >= 0.6 is 0 Å². The Morgan fingerprint density at radius 1 is 1.04 bits per heavy atom. The van der Waals surface area contributed by atoms with Crippen LogP contribution in [0.3, 0.4) is 0 Å². The number of aromatic nitrogens is 3. The van der Waals surface area contributed by atoms with E-state index in [0.29, 0.717) is 11.3 Å². The minimum Gasteiger partial charge on any atom is -0.350 e. The number of sulfone groups is 1. The Labute approximate surface area is 161 Å². The lowest BCUT2D eigenvalue weighted by Crippen LogP contribution is -2.23. The number of carbonyl (C=O) groups is 1. The van der Waals surface area contributed by atoms with Gasteiger partial charge >= 0.3 is 0 Å². The van der Waals surface area contributed by atoms with Crippen LogP contribution in [0.25, 0.3) is 10.9 Å². The number of nitrogens with one attached hydrogen (secondary N) is 2. The first kappa shape index (κ1) is 17.9. The minimum absolute atomic E-state index is 0.0307. The van der Waals surface area contributed by atoms with Gasteiger partial charge in [0.05, 0.1) is 4.90 Å². The van der Waals surface area contributed by atoms with Gasteiger partial charge in [0.15, 0.2) is 5.03 Å². The molecule has 0 fully saturated rings. The van der Waals surface area contributed by atoms with E-state index in [2.05, 4.69) is 20.3 Å².